The molecule has 1 aromatic rings. The van der Waals surface area contributed by atoms with Crippen molar-refractivity contribution < 1.29 is 9.90 Å². The van der Waals surface area contributed by atoms with Crippen molar-refractivity contribution in [2.45, 2.75) is 31.8 Å². The first-order valence-corrected chi connectivity index (χ1v) is 7.27. The van der Waals surface area contributed by atoms with Crippen LogP contribution in [0.3, 0.4) is 0 Å². The third-order valence-corrected chi connectivity index (χ3v) is 4.26. The Labute approximate surface area is 121 Å². The average molecular weight is 327 g/mol. The van der Waals surface area contributed by atoms with E-state index >= 15 is 0 Å². The Morgan fingerprint density at radius 1 is 1.58 bits per heavy atom. The fourth-order valence-electron chi connectivity index (χ4n) is 1.98. The second kappa shape index (κ2) is 5.92. The number of nitrogens with zero attached hydrogens (tertiary/aromatic N) is 1. The van der Waals surface area contributed by atoms with E-state index in [1.54, 1.807) is 12.1 Å². The molecule has 2 rings (SSSR count). The van der Waals surface area contributed by atoms with Crippen molar-refractivity contribution in [3.63, 3.8) is 0 Å². The minimum absolute atomic E-state index is 0.0794. The monoisotopic (exact) mass is 326 g/mol. The molecule has 0 bridgehead atoms. The van der Waals surface area contributed by atoms with Crippen LogP contribution in [0.5, 0.6) is 5.75 Å². The molecule has 104 valence electrons. The molecule has 1 aliphatic carbocycles. The summed E-state index contributed by atoms with van der Waals surface area (Å²) in [4.78, 5) is 14.3. The molecular formula is C14H19BrN2O2. The summed E-state index contributed by atoms with van der Waals surface area (Å²) in [6, 6.07) is 5.83. The van der Waals surface area contributed by atoms with Crippen LogP contribution >= 0.6 is 15.9 Å². The minimum Gasteiger partial charge on any atom is -0.507 e. The van der Waals surface area contributed by atoms with Gasteiger partial charge in [-0.3, -0.25) is 9.69 Å². The summed E-state index contributed by atoms with van der Waals surface area (Å²) in [6.45, 7) is 2.72. The second-order valence-electron chi connectivity index (χ2n) is 5.12. The number of benzene rings is 1. The zero-order valence-electron chi connectivity index (χ0n) is 11.2. The van der Waals surface area contributed by atoms with Crippen LogP contribution in [0.1, 0.15) is 30.1 Å². The number of phenols is 1. The van der Waals surface area contributed by atoms with E-state index in [-0.39, 0.29) is 11.7 Å². The molecule has 2 N–H and O–H groups in total. The van der Waals surface area contributed by atoms with Gasteiger partial charge in [0, 0.05) is 24.2 Å². The van der Waals surface area contributed by atoms with Gasteiger partial charge in [0.25, 0.3) is 5.91 Å². The van der Waals surface area contributed by atoms with Crippen molar-refractivity contribution in [2.24, 2.45) is 0 Å². The van der Waals surface area contributed by atoms with Crippen molar-refractivity contribution in [3.05, 3.63) is 28.2 Å². The van der Waals surface area contributed by atoms with Crippen LogP contribution in [0, 0.1) is 0 Å². The van der Waals surface area contributed by atoms with Crippen LogP contribution in [0.15, 0.2) is 22.7 Å². The van der Waals surface area contributed by atoms with Gasteiger partial charge in [-0.05, 0) is 60.9 Å². The summed E-state index contributed by atoms with van der Waals surface area (Å²) in [6.07, 6.45) is 2.52. The highest BCUT2D eigenvalue weighted by molar-refractivity contribution is 9.10. The molecule has 0 radical (unpaired) electrons. The van der Waals surface area contributed by atoms with E-state index in [0.29, 0.717) is 28.7 Å². The van der Waals surface area contributed by atoms with Gasteiger partial charge in [-0.15, -0.1) is 0 Å². The number of rotatable bonds is 5. The highest BCUT2D eigenvalue weighted by Gasteiger charge is 2.29. The van der Waals surface area contributed by atoms with Crippen LogP contribution in [-0.4, -0.2) is 41.6 Å². The number of hydrogen-bond donors (Lipinski definition) is 2. The highest BCUT2D eigenvalue weighted by atomic mass is 79.9. The van der Waals surface area contributed by atoms with E-state index in [1.165, 1.54) is 18.9 Å². The SMILES string of the molecule is CC(CNC(=O)c1ccc(Br)c(O)c1)N(C)C1CC1. The van der Waals surface area contributed by atoms with Crippen LogP contribution in [-0.2, 0) is 0 Å². The largest absolute Gasteiger partial charge is 0.507 e. The lowest BCUT2D eigenvalue weighted by Gasteiger charge is -2.24. The van der Waals surface area contributed by atoms with Crippen molar-refractivity contribution >= 4 is 21.8 Å². The van der Waals surface area contributed by atoms with Gasteiger partial charge in [0.1, 0.15) is 5.75 Å². The van der Waals surface area contributed by atoms with Crippen LogP contribution in [0.4, 0.5) is 0 Å². The molecule has 1 fully saturated rings. The quantitative estimate of drug-likeness (QED) is 0.873. The Balaban J connectivity index is 1.88. The summed E-state index contributed by atoms with van der Waals surface area (Å²) in [5.41, 5.74) is 0.474. The first-order valence-electron chi connectivity index (χ1n) is 6.47. The number of carbonyl (C=O) groups is 1. The van der Waals surface area contributed by atoms with Gasteiger partial charge in [0.05, 0.1) is 4.47 Å². The molecule has 1 atom stereocenters. The smallest absolute Gasteiger partial charge is 0.251 e. The third kappa shape index (κ3) is 3.70. The third-order valence-electron chi connectivity index (χ3n) is 3.58. The van der Waals surface area contributed by atoms with Gasteiger partial charge < -0.3 is 10.4 Å². The molecule has 1 aliphatic rings. The fourth-order valence-corrected chi connectivity index (χ4v) is 2.23. The van der Waals surface area contributed by atoms with Crippen LogP contribution in [0.25, 0.3) is 0 Å². The Morgan fingerprint density at radius 2 is 2.26 bits per heavy atom. The van der Waals surface area contributed by atoms with Crippen LogP contribution < -0.4 is 5.32 Å². The number of nitrogens with one attached hydrogen (secondary N) is 1. The summed E-state index contributed by atoms with van der Waals surface area (Å²) < 4.78 is 0.589. The molecule has 0 aromatic heterocycles. The number of halogens is 1. The second-order valence-corrected chi connectivity index (χ2v) is 5.98. The van der Waals surface area contributed by atoms with Crippen molar-refractivity contribution in [1.29, 1.82) is 0 Å². The molecule has 0 heterocycles. The zero-order chi connectivity index (χ0) is 14.0. The van der Waals surface area contributed by atoms with Crippen molar-refractivity contribution in [1.82, 2.24) is 10.2 Å². The Morgan fingerprint density at radius 3 is 2.84 bits per heavy atom. The maximum absolute atomic E-state index is 12.0. The number of carbonyl (C=O) groups excluding carboxylic acids is 1. The maximum Gasteiger partial charge on any atom is 0.251 e. The molecule has 0 saturated heterocycles. The Kier molecular flexibility index (Phi) is 4.47. The lowest BCUT2D eigenvalue weighted by atomic mass is 10.2. The van der Waals surface area contributed by atoms with E-state index in [4.69, 9.17) is 0 Å². The van der Waals surface area contributed by atoms with Gasteiger partial charge in [-0.25, -0.2) is 0 Å². The lowest BCUT2D eigenvalue weighted by Crippen LogP contribution is -2.41. The highest BCUT2D eigenvalue weighted by Crippen LogP contribution is 2.27. The number of likely N-dealkylation sites (N-methyl/N-ethyl adjacent to an activating group) is 1. The van der Waals surface area contributed by atoms with Crippen LogP contribution in [0.2, 0.25) is 0 Å². The molecule has 1 saturated carbocycles. The summed E-state index contributed by atoms with van der Waals surface area (Å²) in [7, 11) is 2.10. The molecular weight excluding hydrogens is 308 g/mol. The molecule has 1 amide bonds. The molecule has 5 heteroatoms. The van der Waals surface area contributed by atoms with Crippen molar-refractivity contribution in [2.75, 3.05) is 13.6 Å². The summed E-state index contributed by atoms with van der Waals surface area (Å²) in [5.74, 6) is -0.0744. The standard InChI is InChI=1S/C14H19BrN2O2/c1-9(17(2)11-4-5-11)8-16-14(19)10-3-6-12(15)13(18)7-10/h3,6-7,9,11,18H,4-5,8H2,1-2H3,(H,16,19). The van der Waals surface area contributed by atoms with Gasteiger partial charge in [0.15, 0.2) is 0 Å². The molecule has 4 nitrogen and oxygen atoms in total. The first-order chi connectivity index (χ1) is 8.99. The average Bonchev–Trinajstić information content (AvgIpc) is 3.22. The van der Waals surface area contributed by atoms with E-state index in [1.807, 2.05) is 0 Å². The fraction of sp³-hybridized carbons (Fsp3) is 0.500. The zero-order valence-corrected chi connectivity index (χ0v) is 12.8. The first kappa shape index (κ1) is 14.3. The molecule has 0 aliphatic heterocycles. The predicted molar refractivity (Wildman–Crippen MR) is 78.4 cm³/mol. The Hall–Kier alpha value is -1.07. The topological polar surface area (TPSA) is 52.6 Å². The number of phenolic OH excluding ortho intramolecular Hbond substituents is 1. The van der Waals surface area contributed by atoms with Gasteiger partial charge in [0.2, 0.25) is 0 Å². The predicted octanol–water partition coefficient (Wildman–Crippen LogP) is 2.37. The summed E-state index contributed by atoms with van der Waals surface area (Å²) >= 11 is 3.19. The molecule has 19 heavy (non-hydrogen) atoms. The molecule has 1 aromatic carbocycles. The normalized spacial score (nSPS) is 16.4. The molecule has 1 unspecified atom stereocenters. The van der Waals surface area contributed by atoms with Gasteiger partial charge in [-0.2, -0.15) is 0 Å². The number of amides is 1. The van der Waals surface area contributed by atoms with E-state index in [2.05, 4.69) is 40.1 Å². The lowest BCUT2D eigenvalue weighted by molar-refractivity contribution is 0.0939. The van der Waals surface area contributed by atoms with Crippen molar-refractivity contribution in [3.8, 4) is 5.75 Å². The van der Waals surface area contributed by atoms with E-state index < -0.39 is 0 Å². The maximum atomic E-state index is 12.0. The van der Waals surface area contributed by atoms with E-state index in [9.17, 15) is 9.90 Å². The Bertz CT molecular complexity index is 475. The van der Waals surface area contributed by atoms with Gasteiger partial charge in [-0.1, -0.05) is 0 Å². The summed E-state index contributed by atoms with van der Waals surface area (Å²) in [5, 5.41) is 12.5. The number of hydrogen-bond acceptors (Lipinski definition) is 3. The molecule has 0 spiro atoms. The van der Waals surface area contributed by atoms with E-state index in [0.717, 1.165) is 0 Å². The number of aromatic hydroxyl groups is 1. The minimum atomic E-state index is -0.154. The van der Waals surface area contributed by atoms with Gasteiger partial charge >= 0.3 is 0 Å².